The molecule has 2 nitrogen and oxygen atoms in total. The van der Waals surface area contributed by atoms with E-state index in [9.17, 15) is 0 Å². The van der Waals surface area contributed by atoms with Crippen LogP contribution in [0.5, 0.6) is 0 Å². The number of nitrogens with zero attached hydrogens (tertiary/aromatic N) is 2. The maximum absolute atomic E-state index is 5.17. The number of fused-ring (bicyclic) bond motifs is 3. The maximum atomic E-state index is 5.17. The van der Waals surface area contributed by atoms with Crippen molar-refractivity contribution in [2.24, 2.45) is 0 Å². The molecule has 0 bridgehead atoms. The van der Waals surface area contributed by atoms with E-state index in [0.29, 0.717) is 5.82 Å². The first-order valence-electron chi connectivity index (χ1n) is 16.5. The minimum atomic E-state index is 0.705. The second-order valence-electron chi connectivity index (χ2n) is 12.2. The van der Waals surface area contributed by atoms with Gasteiger partial charge in [-0.05, 0) is 63.7 Å². The number of thiophene rings is 1. The highest BCUT2D eigenvalue weighted by Gasteiger charge is 2.14. The number of rotatable bonds is 6. The fraction of sp³-hybridized carbons (Fsp3) is 0. The lowest BCUT2D eigenvalue weighted by molar-refractivity contribution is 1.18. The summed E-state index contributed by atoms with van der Waals surface area (Å²) in [6, 6.07) is 64.4. The second-order valence-corrected chi connectivity index (χ2v) is 13.3. The Kier molecular flexibility index (Phi) is 7.38. The lowest BCUT2D eigenvalue weighted by Crippen LogP contribution is -1.96. The van der Waals surface area contributed by atoms with Gasteiger partial charge >= 0.3 is 0 Å². The maximum Gasteiger partial charge on any atom is 0.160 e. The van der Waals surface area contributed by atoms with Crippen molar-refractivity contribution in [3.63, 3.8) is 0 Å². The molecule has 9 rings (SSSR count). The molecule has 0 aliphatic heterocycles. The monoisotopic (exact) mass is 642 g/mol. The first-order chi connectivity index (χ1) is 24.3. The third-order valence-electron chi connectivity index (χ3n) is 9.11. The van der Waals surface area contributed by atoms with Crippen molar-refractivity contribution in [1.29, 1.82) is 0 Å². The highest BCUT2D eigenvalue weighted by molar-refractivity contribution is 7.25. The molecule has 2 aromatic heterocycles. The average Bonchev–Trinajstić information content (AvgIpc) is 3.58. The van der Waals surface area contributed by atoms with Crippen LogP contribution < -0.4 is 0 Å². The molecular formula is C46H30N2S. The summed E-state index contributed by atoms with van der Waals surface area (Å²) < 4.78 is 2.63. The fourth-order valence-corrected chi connectivity index (χ4v) is 7.80. The van der Waals surface area contributed by atoms with Crippen LogP contribution in [-0.2, 0) is 0 Å². The van der Waals surface area contributed by atoms with Crippen LogP contribution in [0.4, 0.5) is 0 Å². The normalized spacial score (nSPS) is 11.3. The van der Waals surface area contributed by atoms with Crippen LogP contribution in [0.1, 0.15) is 0 Å². The zero-order valence-corrected chi connectivity index (χ0v) is 27.4. The fourth-order valence-electron chi connectivity index (χ4n) is 6.66. The van der Waals surface area contributed by atoms with Gasteiger partial charge < -0.3 is 0 Å². The van der Waals surface area contributed by atoms with E-state index < -0.39 is 0 Å². The van der Waals surface area contributed by atoms with Gasteiger partial charge in [0, 0.05) is 36.9 Å². The van der Waals surface area contributed by atoms with E-state index in [4.69, 9.17) is 9.97 Å². The highest BCUT2D eigenvalue weighted by Crippen LogP contribution is 2.40. The topological polar surface area (TPSA) is 25.8 Å². The van der Waals surface area contributed by atoms with Crippen LogP contribution in [0, 0.1) is 0 Å². The Morgan fingerprint density at radius 2 is 0.816 bits per heavy atom. The molecule has 49 heavy (non-hydrogen) atoms. The quantitative estimate of drug-likeness (QED) is 0.180. The van der Waals surface area contributed by atoms with E-state index in [1.165, 1.54) is 42.4 Å². The van der Waals surface area contributed by atoms with E-state index in [0.717, 1.165) is 39.2 Å². The van der Waals surface area contributed by atoms with Crippen LogP contribution in [-0.4, -0.2) is 9.97 Å². The zero-order chi connectivity index (χ0) is 32.6. The molecule has 0 fully saturated rings. The summed E-state index contributed by atoms with van der Waals surface area (Å²) >= 11 is 1.85. The minimum absolute atomic E-state index is 0.705. The lowest BCUT2D eigenvalue weighted by Gasteiger charge is -2.12. The predicted octanol–water partition coefficient (Wildman–Crippen LogP) is 12.8. The molecule has 0 unspecified atom stereocenters. The third-order valence-corrected chi connectivity index (χ3v) is 10.2. The van der Waals surface area contributed by atoms with Crippen LogP contribution in [0.2, 0.25) is 0 Å². The van der Waals surface area contributed by atoms with Crippen molar-refractivity contribution in [1.82, 2.24) is 9.97 Å². The number of hydrogen-bond donors (Lipinski definition) is 0. The van der Waals surface area contributed by atoms with Crippen molar-refractivity contribution >= 4 is 31.5 Å². The van der Waals surface area contributed by atoms with E-state index in [2.05, 4.69) is 176 Å². The van der Waals surface area contributed by atoms with E-state index in [1.54, 1.807) is 0 Å². The molecule has 2 heterocycles. The molecule has 0 saturated carbocycles. The van der Waals surface area contributed by atoms with E-state index >= 15 is 0 Å². The largest absolute Gasteiger partial charge is 0.228 e. The van der Waals surface area contributed by atoms with Gasteiger partial charge in [0.25, 0.3) is 0 Å². The van der Waals surface area contributed by atoms with Gasteiger partial charge in [-0.2, -0.15) is 0 Å². The molecule has 230 valence electrons. The van der Waals surface area contributed by atoms with Crippen molar-refractivity contribution in [3.8, 4) is 67.3 Å². The van der Waals surface area contributed by atoms with Gasteiger partial charge in [0.05, 0.1) is 11.4 Å². The summed E-state index contributed by atoms with van der Waals surface area (Å²) in [6.45, 7) is 0. The van der Waals surface area contributed by atoms with Gasteiger partial charge in [0.2, 0.25) is 0 Å². The van der Waals surface area contributed by atoms with Gasteiger partial charge in [-0.1, -0.05) is 152 Å². The average molecular weight is 643 g/mol. The summed E-state index contributed by atoms with van der Waals surface area (Å²) in [5, 5.41) is 2.63. The molecule has 0 radical (unpaired) electrons. The van der Waals surface area contributed by atoms with Crippen LogP contribution in [0.3, 0.4) is 0 Å². The summed E-state index contributed by atoms with van der Waals surface area (Å²) in [5.41, 5.74) is 12.0. The summed E-state index contributed by atoms with van der Waals surface area (Å²) in [5.74, 6) is 0.705. The summed E-state index contributed by atoms with van der Waals surface area (Å²) in [7, 11) is 0. The second kappa shape index (κ2) is 12.5. The van der Waals surface area contributed by atoms with Crippen molar-refractivity contribution in [3.05, 3.63) is 182 Å². The Morgan fingerprint density at radius 3 is 1.53 bits per heavy atom. The van der Waals surface area contributed by atoms with Gasteiger partial charge in [-0.25, -0.2) is 9.97 Å². The number of aromatic nitrogens is 2. The summed E-state index contributed by atoms with van der Waals surface area (Å²) in [6.07, 6.45) is 0. The van der Waals surface area contributed by atoms with Crippen LogP contribution in [0.25, 0.3) is 87.5 Å². The smallest absolute Gasteiger partial charge is 0.160 e. The molecular weight excluding hydrogens is 613 g/mol. The molecule has 7 aromatic carbocycles. The Hall–Kier alpha value is -6.16. The van der Waals surface area contributed by atoms with Gasteiger partial charge in [-0.3, -0.25) is 0 Å². The van der Waals surface area contributed by atoms with E-state index in [1.807, 2.05) is 17.4 Å². The SMILES string of the molecule is c1ccc(-c2cccc(-c3cccc(-c4nc(-c5ccccc5)cc(-c5ccc(-c6cccc7sc8ccccc8c67)cc5)n4)c3)c2)cc1. The van der Waals surface area contributed by atoms with Gasteiger partial charge in [-0.15, -0.1) is 11.3 Å². The lowest BCUT2D eigenvalue weighted by atomic mass is 9.97. The summed E-state index contributed by atoms with van der Waals surface area (Å²) in [4.78, 5) is 10.3. The number of benzene rings is 7. The Bertz CT molecular complexity index is 2590. The Balaban J connectivity index is 1.12. The molecule has 0 atom stereocenters. The van der Waals surface area contributed by atoms with Crippen molar-refractivity contribution in [2.45, 2.75) is 0 Å². The molecule has 3 heteroatoms. The minimum Gasteiger partial charge on any atom is -0.228 e. The van der Waals surface area contributed by atoms with Gasteiger partial charge in [0.1, 0.15) is 0 Å². The van der Waals surface area contributed by atoms with Gasteiger partial charge in [0.15, 0.2) is 5.82 Å². The Morgan fingerprint density at radius 1 is 0.327 bits per heavy atom. The first kappa shape index (κ1) is 29.0. The molecule has 0 aliphatic rings. The van der Waals surface area contributed by atoms with Crippen LogP contribution in [0.15, 0.2) is 182 Å². The molecule has 0 saturated heterocycles. The Labute approximate surface area is 289 Å². The predicted molar refractivity (Wildman–Crippen MR) is 208 cm³/mol. The van der Waals surface area contributed by atoms with Crippen molar-refractivity contribution < 1.29 is 0 Å². The van der Waals surface area contributed by atoms with E-state index in [-0.39, 0.29) is 0 Å². The van der Waals surface area contributed by atoms with Crippen molar-refractivity contribution in [2.75, 3.05) is 0 Å². The molecule has 0 N–H and O–H groups in total. The molecule has 9 aromatic rings. The zero-order valence-electron chi connectivity index (χ0n) is 26.6. The molecule has 0 spiro atoms. The highest BCUT2D eigenvalue weighted by atomic mass is 32.1. The standard InChI is InChI=1S/C46H30N2S/c1-3-12-31(13-4-1)35-16-9-17-36(28-35)37-18-10-19-38(29-37)46-47-41(33-14-5-2-6-15-33)30-42(48-46)34-26-24-32(25-27-34)39-21-11-23-44-45(39)40-20-7-8-22-43(40)49-44/h1-30H. The first-order valence-corrected chi connectivity index (χ1v) is 17.3. The number of hydrogen-bond acceptors (Lipinski definition) is 3. The molecule has 0 aliphatic carbocycles. The molecule has 0 amide bonds. The third kappa shape index (κ3) is 5.61. The van der Waals surface area contributed by atoms with Crippen LogP contribution >= 0.6 is 11.3 Å².